The van der Waals surface area contributed by atoms with Gasteiger partial charge in [-0.3, -0.25) is 14.4 Å². The molecule has 0 unspecified atom stereocenters. The number of amides is 1. The fraction of sp³-hybridized carbons (Fsp3) is 0.409. The molecule has 0 radical (unpaired) electrons. The minimum atomic E-state index is -3.87. The van der Waals surface area contributed by atoms with Gasteiger partial charge in [-0.2, -0.15) is 0 Å². The molecule has 1 N–H and O–H groups in total. The SMILES string of the molecule is COc1ccc(NS(=O)(=O)c2cc(C(=O)N3C[C@H]4OCCN(C)[C@H]4C3)ccc2C)cc1. The maximum absolute atomic E-state index is 13.1. The van der Waals surface area contributed by atoms with E-state index in [9.17, 15) is 13.2 Å². The van der Waals surface area contributed by atoms with E-state index in [1.807, 2.05) is 7.05 Å². The molecule has 9 heteroatoms. The van der Waals surface area contributed by atoms with Gasteiger partial charge in [-0.05, 0) is 55.9 Å². The topological polar surface area (TPSA) is 88.2 Å². The summed E-state index contributed by atoms with van der Waals surface area (Å²) in [5.74, 6) is 0.444. The summed E-state index contributed by atoms with van der Waals surface area (Å²) in [4.78, 5) is 17.2. The molecular formula is C22H27N3O5S. The first-order valence-corrected chi connectivity index (χ1v) is 11.7. The van der Waals surface area contributed by atoms with Crippen molar-refractivity contribution < 1.29 is 22.7 Å². The summed E-state index contributed by atoms with van der Waals surface area (Å²) >= 11 is 0. The van der Waals surface area contributed by atoms with Crippen LogP contribution in [0.15, 0.2) is 47.4 Å². The van der Waals surface area contributed by atoms with Crippen molar-refractivity contribution in [2.24, 2.45) is 0 Å². The van der Waals surface area contributed by atoms with Crippen LogP contribution in [0.4, 0.5) is 5.69 Å². The number of fused-ring (bicyclic) bond motifs is 1. The van der Waals surface area contributed by atoms with Gasteiger partial charge in [0, 0.05) is 30.9 Å². The van der Waals surface area contributed by atoms with E-state index in [1.54, 1.807) is 55.3 Å². The van der Waals surface area contributed by atoms with E-state index in [2.05, 4.69) is 9.62 Å². The number of nitrogens with one attached hydrogen (secondary N) is 1. The summed E-state index contributed by atoms with van der Waals surface area (Å²) in [6, 6.07) is 11.6. The second kappa shape index (κ2) is 8.49. The number of likely N-dealkylation sites (N-methyl/N-ethyl adjacent to an activating group) is 1. The van der Waals surface area contributed by atoms with E-state index in [4.69, 9.17) is 9.47 Å². The molecule has 2 aliphatic heterocycles. The summed E-state index contributed by atoms with van der Waals surface area (Å²) in [6.07, 6.45) is -0.00640. The standard InChI is InChI=1S/C22H27N3O5S/c1-15-4-5-16(22(26)25-13-19-20(14-25)30-11-10-24(19)2)12-21(15)31(27,28)23-17-6-8-18(29-3)9-7-17/h4-9,12,19-20,23H,10-11,13-14H2,1-3H3/t19-,20+/m0/s1. The number of carbonyl (C=O) groups is 1. The molecule has 0 aromatic heterocycles. The highest BCUT2D eigenvalue weighted by Gasteiger charge is 2.40. The molecule has 2 fully saturated rings. The maximum Gasteiger partial charge on any atom is 0.262 e. The Balaban J connectivity index is 1.55. The molecule has 2 atom stereocenters. The van der Waals surface area contributed by atoms with Gasteiger partial charge < -0.3 is 14.4 Å². The highest BCUT2D eigenvalue weighted by atomic mass is 32.2. The number of anilines is 1. The number of ether oxygens (including phenoxy) is 2. The number of sulfonamides is 1. The van der Waals surface area contributed by atoms with E-state index in [-0.39, 0.29) is 22.9 Å². The van der Waals surface area contributed by atoms with Crippen LogP contribution in [0, 0.1) is 6.92 Å². The Morgan fingerprint density at radius 3 is 2.58 bits per heavy atom. The Hall–Kier alpha value is -2.62. The number of hydrogen-bond donors (Lipinski definition) is 1. The highest BCUT2D eigenvalue weighted by Crippen LogP contribution is 2.26. The zero-order valence-corrected chi connectivity index (χ0v) is 18.7. The van der Waals surface area contributed by atoms with Crippen LogP contribution < -0.4 is 9.46 Å². The molecule has 0 aliphatic carbocycles. The second-order valence-corrected chi connectivity index (χ2v) is 9.63. The lowest BCUT2D eigenvalue weighted by atomic mass is 10.1. The normalized spacial score (nSPS) is 21.6. The van der Waals surface area contributed by atoms with Crippen molar-refractivity contribution in [3.8, 4) is 5.75 Å². The number of methoxy groups -OCH3 is 1. The molecule has 2 heterocycles. The lowest BCUT2D eigenvalue weighted by molar-refractivity contribution is -0.0368. The average Bonchev–Trinajstić information content (AvgIpc) is 3.19. The van der Waals surface area contributed by atoms with Gasteiger partial charge >= 0.3 is 0 Å². The molecule has 1 amide bonds. The van der Waals surface area contributed by atoms with Crippen LogP contribution in [0.5, 0.6) is 5.75 Å². The summed E-state index contributed by atoms with van der Waals surface area (Å²) in [5, 5.41) is 0. The first-order valence-electron chi connectivity index (χ1n) is 10.2. The summed E-state index contributed by atoms with van der Waals surface area (Å²) in [5.41, 5.74) is 1.33. The zero-order chi connectivity index (χ0) is 22.2. The van der Waals surface area contributed by atoms with E-state index < -0.39 is 10.0 Å². The predicted molar refractivity (Wildman–Crippen MR) is 117 cm³/mol. The Morgan fingerprint density at radius 1 is 1.16 bits per heavy atom. The Bertz CT molecular complexity index is 1070. The van der Waals surface area contributed by atoms with Crippen LogP contribution in [0.1, 0.15) is 15.9 Å². The summed E-state index contributed by atoms with van der Waals surface area (Å²) < 4.78 is 39.6. The number of benzene rings is 2. The maximum atomic E-state index is 13.1. The van der Waals surface area contributed by atoms with Crippen molar-refractivity contribution in [3.05, 3.63) is 53.6 Å². The van der Waals surface area contributed by atoms with E-state index >= 15 is 0 Å². The molecule has 0 bridgehead atoms. The van der Waals surface area contributed by atoms with Crippen molar-refractivity contribution in [1.29, 1.82) is 0 Å². The van der Waals surface area contributed by atoms with Crippen LogP contribution >= 0.6 is 0 Å². The van der Waals surface area contributed by atoms with Gasteiger partial charge in [0.05, 0.1) is 30.8 Å². The van der Waals surface area contributed by atoms with E-state index in [0.717, 1.165) is 6.54 Å². The minimum absolute atomic E-state index is 0.00640. The lowest BCUT2D eigenvalue weighted by Gasteiger charge is -2.33. The molecule has 2 saturated heterocycles. The summed E-state index contributed by atoms with van der Waals surface area (Å²) in [7, 11) is -0.284. The van der Waals surface area contributed by atoms with Crippen LogP contribution in [0.3, 0.4) is 0 Å². The second-order valence-electron chi connectivity index (χ2n) is 7.98. The summed E-state index contributed by atoms with van der Waals surface area (Å²) in [6.45, 7) is 4.29. The Morgan fingerprint density at radius 2 is 1.90 bits per heavy atom. The monoisotopic (exact) mass is 445 g/mol. The van der Waals surface area contributed by atoms with Gasteiger partial charge in [0.25, 0.3) is 15.9 Å². The largest absolute Gasteiger partial charge is 0.497 e. The van der Waals surface area contributed by atoms with Crippen LogP contribution in [0.2, 0.25) is 0 Å². The quantitative estimate of drug-likeness (QED) is 0.757. The van der Waals surface area contributed by atoms with Crippen LogP contribution in [-0.4, -0.2) is 76.7 Å². The molecule has 8 nitrogen and oxygen atoms in total. The number of carbonyl (C=O) groups excluding carboxylic acids is 1. The average molecular weight is 446 g/mol. The van der Waals surface area contributed by atoms with Gasteiger partial charge in [0.15, 0.2) is 0 Å². The molecule has 31 heavy (non-hydrogen) atoms. The Kier molecular flexibility index (Phi) is 5.92. The van der Waals surface area contributed by atoms with Crippen molar-refractivity contribution >= 4 is 21.6 Å². The van der Waals surface area contributed by atoms with Crippen molar-refractivity contribution in [1.82, 2.24) is 9.80 Å². The molecule has 0 spiro atoms. The number of morpholine rings is 1. The van der Waals surface area contributed by atoms with Gasteiger partial charge in [0.2, 0.25) is 0 Å². The van der Waals surface area contributed by atoms with E-state index in [0.29, 0.717) is 42.3 Å². The molecule has 2 aromatic carbocycles. The van der Waals surface area contributed by atoms with Crippen LogP contribution in [-0.2, 0) is 14.8 Å². The smallest absolute Gasteiger partial charge is 0.262 e. The lowest BCUT2D eigenvalue weighted by Crippen LogP contribution is -2.48. The highest BCUT2D eigenvalue weighted by molar-refractivity contribution is 7.92. The fourth-order valence-corrected chi connectivity index (χ4v) is 5.43. The number of nitrogens with zero attached hydrogens (tertiary/aromatic N) is 2. The van der Waals surface area contributed by atoms with E-state index in [1.165, 1.54) is 6.07 Å². The fourth-order valence-electron chi connectivity index (χ4n) is 4.10. The van der Waals surface area contributed by atoms with Crippen molar-refractivity contribution in [2.75, 3.05) is 45.1 Å². The molecule has 4 rings (SSSR count). The van der Waals surface area contributed by atoms with Crippen molar-refractivity contribution in [2.45, 2.75) is 24.0 Å². The van der Waals surface area contributed by atoms with Crippen molar-refractivity contribution in [3.63, 3.8) is 0 Å². The first kappa shape index (κ1) is 21.6. The van der Waals surface area contributed by atoms with Gasteiger partial charge in [-0.15, -0.1) is 0 Å². The molecule has 166 valence electrons. The van der Waals surface area contributed by atoms with Gasteiger partial charge in [-0.1, -0.05) is 6.07 Å². The zero-order valence-electron chi connectivity index (χ0n) is 17.9. The molecule has 2 aromatic rings. The molecule has 2 aliphatic rings. The third-order valence-corrected chi connectivity index (χ3v) is 7.46. The van der Waals surface area contributed by atoms with Gasteiger partial charge in [-0.25, -0.2) is 8.42 Å². The predicted octanol–water partition coefficient (Wildman–Crippen LogP) is 1.96. The van der Waals surface area contributed by atoms with Gasteiger partial charge in [0.1, 0.15) is 5.75 Å². The number of rotatable bonds is 5. The van der Waals surface area contributed by atoms with Crippen LogP contribution in [0.25, 0.3) is 0 Å². The third kappa shape index (κ3) is 4.39. The number of aryl methyl sites for hydroxylation is 1. The molecule has 0 saturated carbocycles. The minimum Gasteiger partial charge on any atom is -0.497 e. The molecular weight excluding hydrogens is 418 g/mol. The number of hydrogen-bond acceptors (Lipinski definition) is 6. The number of likely N-dealkylation sites (tertiary alicyclic amines) is 1. The third-order valence-electron chi connectivity index (χ3n) is 5.93. The first-order chi connectivity index (χ1) is 14.8. The Labute approximate surface area is 182 Å².